The quantitative estimate of drug-likeness (QED) is 0.784. The Morgan fingerprint density at radius 1 is 1.41 bits per heavy atom. The number of nitrogens with zero attached hydrogens (tertiary/aromatic N) is 1. The molecule has 1 amide bonds. The van der Waals surface area contributed by atoms with Crippen molar-refractivity contribution in [3.8, 4) is 0 Å². The number of nitrogens with one attached hydrogen (secondary N) is 1. The lowest BCUT2D eigenvalue weighted by atomic mass is 10.1. The highest BCUT2D eigenvalue weighted by Crippen LogP contribution is 2.15. The molecule has 1 rings (SSSR count). The van der Waals surface area contributed by atoms with E-state index in [2.05, 4.69) is 19.2 Å². The molecule has 0 bridgehead atoms. The fraction of sp³-hybridized carbons (Fsp3) is 0.941. The minimum absolute atomic E-state index is 0.0549. The van der Waals surface area contributed by atoms with Crippen LogP contribution in [0.2, 0.25) is 0 Å². The Labute approximate surface area is 135 Å². The molecule has 0 saturated carbocycles. The van der Waals surface area contributed by atoms with Gasteiger partial charge in [-0.1, -0.05) is 26.7 Å². The van der Waals surface area contributed by atoms with Crippen LogP contribution in [0.25, 0.3) is 0 Å². The topological polar surface area (TPSA) is 50.8 Å². The van der Waals surface area contributed by atoms with Gasteiger partial charge in [-0.15, -0.1) is 0 Å². The molecule has 1 aliphatic rings. The van der Waals surface area contributed by atoms with E-state index in [0.717, 1.165) is 13.0 Å². The van der Waals surface area contributed by atoms with Crippen LogP contribution in [0.15, 0.2) is 0 Å². The van der Waals surface area contributed by atoms with Crippen molar-refractivity contribution in [1.29, 1.82) is 0 Å². The fourth-order valence-corrected chi connectivity index (χ4v) is 2.59. The van der Waals surface area contributed by atoms with E-state index in [4.69, 9.17) is 9.47 Å². The van der Waals surface area contributed by atoms with E-state index < -0.39 is 5.60 Å². The summed E-state index contributed by atoms with van der Waals surface area (Å²) in [6.07, 6.45) is 4.52. The largest absolute Gasteiger partial charge is 0.444 e. The Morgan fingerprint density at radius 2 is 2.14 bits per heavy atom. The Hall–Kier alpha value is -0.810. The number of hydrogen-bond donors (Lipinski definition) is 1. The van der Waals surface area contributed by atoms with Crippen molar-refractivity contribution in [2.45, 2.75) is 78.0 Å². The van der Waals surface area contributed by atoms with Crippen LogP contribution in [-0.2, 0) is 9.47 Å². The maximum absolute atomic E-state index is 12.3. The van der Waals surface area contributed by atoms with E-state index in [0.29, 0.717) is 25.8 Å². The highest BCUT2D eigenvalue weighted by atomic mass is 16.6. The molecule has 1 fully saturated rings. The lowest BCUT2D eigenvalue weighted by Gasteiger charge is -2.37. The summed E-state index contributed by atoms with van der Waals surface area (Å²) in [6.45, 7) is 12.7. The first kappa shape index (κ1) is 19.2. The van der Waals surface area contributed by atoms with E-state index in [9.17, 15) is 4.79 Å². The minimum Gasteiger partial charge on any atom is -0.444 e. The van der Waals surface area contributed by atoms with Crippen LogP contribution in [-0.4, -0.2) is 55.0 Å². The lowest BCUT2D eigenvalue weighted by molar-refractivity contribution is -0.0322. The molecule has 1 N–H and O–H groups in total. The van der Waals surface area contributed by atoms with Gasteiger partial charge >= 0.3 is 6.09 Å². The Morgan fingerprint density at radius 3 is 2.73 bits per heavy atom. The second-order valence-corrected chi connectivity index (χ2v) is 7.06. The van der Waals surface area contributed by atoms with Crippen molar-refractivity contribution < 1.29 is 14.3 Å². The monoisotopic (exact) mass is 314 g/mol. The zero-order valence-electron chi connectivity index (χ0n) is 15.0. The first-order valence-corrected chi connectivity index (χ1v) is 8.68. The van der Waals surface area contributed by atoms with Crippen molar-refractivity contribution in [2.75, 3.05) is 26.3 Å². The third-order valence-corrected chi connectivity index (χ3v) is 3.90. The summed E-state index contributed by atoms with van der Waals surface area (Å²) in [7, 11) is 0. The van der Waals surface area contributed by atoms with Crippen molar-refractivity contribution in [3.05, 3.63) is 0 Å². The van der Waals surface area contributed by atoms with E-state index >= 15 is 0 Å². The number of ether oxygens (including phenoxy) is 2. The molecule has 0 aromatic carbocycles. The summed E-state index contributed by atoms with van der Waals surface area (Å²) >= 11 is 0. The predicted octanol–water partition coefficient (Wildman–Crippen LogP) is 3.18. The fourth-order valence-electron chi connectivity index (χ4n) is 2.59. The molecular formula is C17H34N2O3. The molecule has 0 radical (unpaired) electrons. The molecule has 0 aromatic heterocycles. The van der Waals surface area contributed by atoms with Crippen molar-refractivity contribution in [1.82, 2.24) is 10.2 Å². The van der Waals surface area contributed by atoms with Crippen LogP contribution in [0.4, 0.5) is 4.79 Å². The minimum atomic E-state index is -0.458. The molecule has 0 spiro atoms. The molecule has 2 unspecified atom stereocenters. The number of amides is 1. The van der Waals surface area contributed by atoms with Crippen molar-refractivity contribution in [2.24, 2.45) is 0 Å². The van der Waals surface area contributed by atoms with Crippen molar-refractivity contribution >= 4 is 6.09 Å². The first-order valence-electron chi connectivity index (χ1n) is 8.68. The second-order valence-electron chi connectivity index (χ2n) is 7.06. The summed E-state index contributed by atoms with van der Waals surface area (Å²) in [6, 6.07) is 0.571. The van der Waals surface area contributed by atoms with Gasteiger partial charge < -0.3 is 14.8 Å². The first-order chi connectivity index (χ1) is 10.4. The number of carbonyl (C=O) groups is 1. The average Bonchev–Trinajstić information content (AvgIpc) is 2.46. The summed E-state index contributed by atoms with van der Waals surface area (Å²) in [4.78, 5) is 14.1. The molecule has 1 heterocycles. The third-order valence-electron chi connectivity index (χ3n) is 3.90. The third kappa shape index (κ3) is 6.97. The average molecular weight is 314 g/mol. The normalized spacial score (nSPS) is 20.8. The standard InChI is InChI=1S/C17H34N2O3/c1-6-8-9-14(7-2)18-12-15-13-21-11-10-19(15)16(20)22-17(3,4)5/h14-15,18H,6-13H2,1-5H3. The molecular weight excluding hydrogens is 280 g/mol. The predicted molar refractivity (Wildman–Crippen MR) is 89.2 cm³/mol. The molecule has 130 valence electrons. The summed E-state index contributed by atoms with van der Waals surface area (Å²) in [5, 5.41) is 3.59. The highest BCUT2D eigenvalue weighted by Gasteiger charge is 2.31. The lowest BCUT2D eigenvalue weighted by Crippen LogP contribution is -2.55. The Kier molecular flexibility index (Phi) is 8.18. The van der Waals surface area contributed by atoms with Gasteiger partial charge in [-0.2, -0.15) is 0 Å². The molecule has 5 nitrogen and oxygen atoms in total. The smallest absolute Gasteiger partial charge is 0.410 e. The number of morpholine rings is 1. The SMILES string of the molecule is CCCCC(CC)NCC1COCCN1C(=O)OC(C)(C)C. The molecule has 2 atom stereocenters. The van der Waals surface area contributed by atoms with Crippen LogP contribution in [0, 0.1) is 0 Å². The van der Waals surface area contributed by atoms with Gasteiger partial charge in [0.1, 0.15) is 5.60 Å². The summed E-state index contributed by atoms with van der Waals surface area (Å²) in [5.74, 6) is 0. The molecule has 0 aliphatic carbocycles. The van der Waals surface area contributed by atoms with Gasteiger partial charge in [-0.3, -0.25) is 4.90 Å². The van der Waals surface area contributed by atoms with Crippen LogP contribution in [0.3, 0.4) is 0 Å². The number of rotatable bonds is 7. The molecule has 22 heavy (non-hydrogen) atoms. The zero-order valence-corrected chi connectivity index (χ0v) is 15.0. The molecule has 1 aliphatic heterocycles. The number of hydrogen-bond acceptors (Lipinski definition) is 4. The van der Waals surface area contributed by atoms with E-state index in [1.54, 1.807) is 0 Å². The Balaban J connectivity index is 2.52. The van der Waals surface area contributed by atoms with Gasteiger partial charge in [0.2, 0.25) is 0 Å². The number of unbranched alkanes of at least 4 members (excludes halogenated alkanes) is 1. The van der Waals surface area contributed by atoms with Gasteiger partial charge in [-0.05, 0) is 33.6 Å². The highest BCUT2D eigenvalue weighted by molar-refractivity contribution is 5.68. The van der Waals surface area contributed by atoms with E-state index in [1.165, 1.54) is 19.3 Å². The summed E-state index contributed by atoms with van der Waals surface area (Å²) < 4.78 is 11.1. The number of carbonyl (C=O) groups excluding carboxylic acids is 1. The van der Waals surface area contributed by atoms with Crippen molar-refractivity contribution in [3.63, 3.8) is 0 Å². The van der Waals surface area contributed by atoms with Crippen LogP contribution < -0.4 is 5.32 Å². The maximum Gasteiger partial charge on any atom is 0.410 e. The second kappa shape index (κ2) is 9.36. The molecule has 1 saturated heterocycles. The summed E-state index contributed by atoms with van der Waals surface area (Å²) in [5.41, 5.74) is -0.458. The van der Waals surface area contributed by atoms with Crippen LogP contribution >= 0.6 is 0 Å². The van der Waals surface area contributed by atoms with Crippen LogP contribution in [0.5, 0.6) is 0 Å². The van der Waals surface area contributed by atoms with Gasteiger partial charge in [0, 0.05) is 19.1 Å². The molecule has 5 heteroatoms. The van der Waals surface area contributed by atoms with Gasteiger partial charge in [0.25, 0.3) is 0 Å². The van der Waals surface area contributed by atoms with E-state index in [1.807, 2.05) is 25.7 Å². The van der Waals surface area contributed by atoms with E-state index in [-0.39, 0.29) is 12.1 Å². The van der Waals surface area contributed by atoms with Crippen LogP contribution in [0.1, 0.15) is 60.3 Å². The van der Waals surface area contributed by atoms with Gasteiger partial charge in [0.15, 0.2) is 0 Å². The maximum atomic E-state index is 12.3. The molecule has 0 aromatic rings. The van der Waals surface area contributed by atoms with Gasteiger partial charge in [-0.25, -0.2) is 4.79 Å². The Bertz CT molecular complexity index is 328. The van der Waals surface area contributed by atoms with Gasteiger partial charge in [0.05, 0.1) is 19.3 Å². The zero-order chi connectivity index (χ0) is 16.6.